The number of carbonyl (C=O) groups excluding carboxylic acids is 2. The molecular formula is C33H34FN7O4. The number of aromatic nitrogens is 3. The normalized spacial score (nSPS) is 18.1. The minimum atomic E-state index is -1.01. The summed E-state index contributed by atoms with van der Waals surface area (Å²) in [6.45, 7) is 8.78. The summed E-state index contributed by atoms with van der Waals surface area (Å²) in [5.41, 5.74) is 2.48. The Morgan fingerprint density at radius 2 is 1.87 bits per heavy atom. The minimum Gasteiger partial charge on any atom is -0.492 e. The Morgan fingerprint density at radius 3 is 2.49 bits per heavy atom. The van der Waals surface area contributed by atoms with Crippen molar-refractivity contribution >= 4 is 23.3 Å². The predicted octanol–water partition coefficient (Wildman–Crippen LogP) is 4.86. The lowest BCUT2D eigenvalue weighted by atomic mass is 9.85. The quantitative estimate of drug-likeness (QED) is 0.314. The molecule has 1 aromatic carbocycles. The molecule has 7 rings (SSSR count). The van der Waals surface area contributed by atoms with Gasteiger partial charge in [-0.1, -0.05) is 12.1 Å². The van der Waals surface area contributed by atoms with E-state index in [4.69, 9.17) is 14.5 Å². The number of nitrogens with zero attached hydrogens (tertiary/aromatic N) is 6. The lowest BCUT2D eigenvalue weighted by Gasteiger charge is -2.57. The van der Waals surface area contributed by atoms with E-state index in [1.807, 2.05) is 30.0 Å². The van der Waals surface area contributed by atoms with Crippen LogP contribution in [0.4, 0.5) is 15.0 Å². The Labute approximate surface area is 260 Å². The molecule has 3 aliphatic rings. The van der Waals surface area contributed by atoms with Crippen molar-refractivity contribution in [3.63, 3.8) is 0 Å². The molecule has 2 bridgehead atoms. The number of ether oxygens (including phenoxy) is 2. The number of pyridine rings is 2. The van der Waals surface area contributed by atoms with E-state index < -0.39 is 23.6 Å². The first-order valence-corrected chi connectivity index (χ1v) is 14.9. The van der Waals surface area contributed by atoms with Crippen LogP contribution in [0.5, 0.6) is 5.75 Å². The molecule has 45 heavy (non-hydrogen) atoms. The number of fused-ring (bicyclic) bond motifs is 3. The Morgan fingerprint density at radius 1 is 1.13 bits per heavy atom. The number of alkyl carbamates (subject to hydrolysis) is 1. The average molecular weight is 612 g/mol. The second-order valence-corrected chi connectivity index (χ2v) is 12.2. The standard InChI is InChI=1S/C33H34FN7O4/c1-5-44-26-13-27(30-22(14-35)16-37-40(30)19-26)21-8-11-28(36-15-21)39-17-24-12-25(18-39)41(24)31(42)29(20-6-9-23(34)10-7-20)38-32(43)45-33(2,3)4/h6-11,13,15-16,19,24-25,29H,5,12,17-18H2,1-4H3,(H,38,43). The number of anilines is 1. The van der Waals surface area contributed by atoms with Gasteiger partial charge in [0.1, 0.15) is 35.1 Å². The molecule has 6 heterocycles. The van der Waals surface area contributed by atoms with Gasteiger partial charge < -0.3 is 24.6 Å². The summed E-state index contributed by atoms with van der Waals surface area (Å²) in [6.07, 6.45) is 5.18. The van der Waals surface area contributed by atoms with Crippen molar-refractivity contribution in [2.24, 2.45) is 0 Å². The van der Waals surface area contributed by atoms with Crippen LogP contribution in [0.25, 0.3) is 16.6 Å². The van der Waals surface area contributed by atoms with Crippen LogP contribution in [0.2, 0.25) is 0 Å². The van der Waals surface area contributed by atoms with Gasteiger partial charge >= 0.3 is 6.09 Å². The van der Waals surface area contributed by atoms with Crippen molar-refractivity contribution in [2.45, 2.75) is 57.8 Å². The van der Waals surface area contributed by atoms with Crippen LogP contribution in [0.15, 0.2) is 61.1 Å². The molecule has 0 radical (unpaired) electrons. The smallest absolute Gasteiger partial charge is 0.408 e. The van der Waals surface area contributed by atoms with Gasteiger partial charge in [0, 0.05) is 30.4 Å². The number of piperidine rings is 1. The third kappa shape index (κ3) is 5.98. The highest BCUT2D eigenvalue weighted by molar-refractivity contribution is 5.88. The lowest BCUT2D eigenvalue weighted by Crippen LogP contribution is -2.71. The maximum absolute atomic E-state index is 13.9. The zero-order chi connectivity index (χ0) is 31.9. The van der Waals surface area contributed by atoms with Crippen LogP contribution in [-0.2, 0) is 9.53 Å². The molecule has 3 unspecified atom stereocenters. The summed E-state index contributed by atoms with van der Waals surface area (Å²) in [4.78, 5) is 35.3. The molecule has 0 spiro atoms. The highest BCUT2D eigenvalue weighted by Gasteiger charge is 2.49. The second kappa shape index (κ2) is 11.7. The van der Waals surface area contributed by atoms with Gasteiger partial charge in [0.25, 0.3) is 5.91 Å². The van der Waals surface area contributed by atoms with Gasteiger partial charge in [0.05, 0.1) is 42.2 Å². The largest absolute Gasteiger partial charge is 0.492 e. The molecule has 3 aliphatic heterocycles. The van der Waals surface area contributed by atoms with Crippen molar-refractivity contribution in [3.8, 4) is 22.9 Å². The van der Waals surface area contributed by atoms with Gasteiger partial charge in [-0.05, 0) is 70.0 Å². The van der Waals surface area contributed by atoms with Crippen molar-refractivity contribution in [2.75, 3.05) is 24.6 Å². The van der Waals surface area contributed by atoms with Gasteiger partial charge in [-0.25, -0.2) is 18.7 Å². The Bertz CT molecular complexity index is 1760. The van der Waals surface area contributed by atoms with Gasteiger partial charge in [0.2, 0.25) is 0 Å². The molecular weight excluding hydrogens is 577 g/mol. The number of carbonyl (C=O) groups is 2. The lowest BCUT2D eigenvalue weighted by molar-refractivity contribution is -0.148. The first-order chi connectivity index (χ1) is 21.5. The van der Waals surface area contributed by atoms with Crippen LogP contribution >= 0.6 is 0 Å². The van der Waals surface area contributed by atoms with Crippen LogP contribution in [0.1, 0.15) is 51.3 Å². The van der Waals surface area contributed by atoms with E-state index in [2.05, 4.69) is 21.4 Å². The molecule has 0 aliphatic carbocycles. The summed E-state index contributed by atoms with van der Waals surface area (Å²) >= 11 is 0. The number of rotatable bonds is 7. The Hall–Kier alpha value is -5.18. The third-order valence-electron chi connectivity index (χ3n) is 7.96. The number of hydrogen-bond acceptors (Lipinski definition) is 8. The van der Waals surface area contributed by atoms with Gasteiger partial charge in [-0.15, -0.1) is 0 Å². The number of benzene rings is 1. The highest BCUT2D eigenvalue weighted by Crippen LogP contribution is 2.37. The van der Waals surface area contributed by atoms with Crippen LogP contribution < -0.4 is 15.0 Å². The molecule has 3 aromatic heterocycles. The monoisotopic (exact) mass is 611 g/mol. The zero-order valence-corrected chi connectivity index (χ0v) is 25.5. The topological polar surface area (TPSA) is 125 Å². The summed E-state index contributed by atoms with van der Waals surface area (Å²) in [5, 5.41) is 16.7. The first-order valence-electron chi connectivity index (χ1n) is 14.9. The summed E-state index contributed by atoms with van der Waals surface area (Å²) in [6, 6.07) is 12.4. The van der Waals surface area contributed by atoms with E-state index in [-0.39, 0.29) is 18.0 Å². The highest BCUT2D eigenvalue weighted by atomic mass is 19.1. The fraction of sp³-hybridized carbons (Fsp3) is 0.364. The van der Waals surface area contributed by atoms with Gasteiger partial charge in [0.15, 0.2) is 0 Å². The fourth-order valence-electron chi connectivity index (χ4n) is 6.05. The molecule has 3 atom stereocenters. The zero-order valence-electron chi connectivity index (χ0n) is 25.5. The number of nitriles is 1. The van der Waals surface area contributed by atoms with Gasteiger partial charge in [-0.2, -0.15) is 10.4 Å². The van der Waals surface area contributed by atoms with E-state index in [0.717, 1.165) is 23.4 Å². The third-order valence-corrected chi connectivity index (χ3v) is 7.96. The van der Waals surface area contributed by atoms with Crippen molar-refractivity contribution in [1.29, 1.82) is 5.26 Å². The number of halogens is 1. The first kappa shape index (κ1) is 29.9. The molecule has 3 fully saturated rings. The maximum Gasteiger partial charge on any atom is 0.408 e. The average Bonchev–Trinajstić information content (AvgIpc) is 3.42. The molecule has 11 nitrogen and oxygen atoms in total. The number of nitrogens with one attached hydrogen (secondary N) is 1. The number of piperazine rings is 1. The van der Waals surface area contributed by atoms with Crippen LogP contribution in [0.3, 0.4) is 0 Å². The fourth-order valence-corrected chi connectivity index (χ4v) is 6.05. The number of amides is 2. The van der Waals surface area contributed by atoms with Crippen molar-refractivity contribution in [3.05, 3.63) is 78.0 Å². The predicted molar refractivity (Wildman–Crippen MR) is 164 cm³/mol. The molecule has 4 aromatic rings. The second-order valence-electron chi connectivity index (χ2n) is 12.2. The van der Waals surface area contributed by atoms with E-state index >= 15 is 0 Å². The van der Waals surface area contributed by atoms with E-state index in [9.17, 15) is 19.2 Å². The van der Waals surface area contributed by atoms with E-state index in [1.165, 1.54) is 30.5 Å². The minimum absolute atomic E-state index is 0.0754. The van der Waals surface area contributed by atoms with Crippen molar-refractivity contribution in [1.82, 2.24) is 24.8 Å². The molecule has 1 N–H and O–H groups in total. The van der Waals surface area contributed by atoms with Crippen molar-refractivity contribution < 1.29 is 23.5 Å². The Balaban J connectivity index is 1.19. The molecule has 2 amide bonds. The van der Waals surface area contributed by atoms with E-state index in [1.54, 1.807) is 37.7 Å². The molecule has 232 valence electrons. The van der Waals surface area contributed by atoms with E-state index in [0.29, 0.717) is 42.1 Å². The van der Waals surface area contributed by atoms with Gasteiger partial charge in [-0.3, -0.25) is 4.79 Å². The molecule has 3 saturated heterocycles. The van der Waals surface area contributed by atoms with Crippen LogP contribution in [0, 0.1) is 17.1 Å². The Kier molecular flexibility index (Phi) is 7.78. The van der Waals surface area contributed by atoms with Crippen LogP contribution in [-0.4, -0.2) is 68.9 Å². The summed E-state index contributed by atoms with van der Waals surface area (Å²) in [5.74, 6) is 0.717. The maximum atomic E-state index is 13.9. The molecule has 0 saturated carbocycles. The summed E-state index contributed by atoms with van der Waals surface area (Å²) in [7, 11) is 0. The SMILES string of the molecule is CCOc1cc(-c2ccc(N3CC4CC(C3)N4C(=O)C(NC(=O)OC(C)(C)C)c3ccc(F)cc3)nc2)c2c(C#N)cnn2c1. The molecule has 12 heteroatoms. The summed E-state index contributed by atoms with van der Waals surface area (Å²) < 4.78 is 26.5. The number of hydrogen-bond donors (Lipinski definition) is 1.